The molecule has 1 heterocycles. The fraction of sp³-hybridized carbons (Fsp3) is 0.920. The first-order valence-electron chi connectivity index (χ1n) is 12.0. The van der Waals surface area contributed by atoms with Gasteiger partial charge in [0.2, 0.25) is 0 Å². The second-order valence-electron chi connectivity index (χ2n) is 13.0. The molecular formula is C25H52O4Si2. The van der Waals surface area contributed by atoms with Crippen molar-refractivity contribution in [2.45, 2.75) is 148 Å². The largest absolute Gasteiger partial charge is 0.411 e. The lowest BCUT2D eigenvalue weighted by atomic mass is 10.0. The van der Waals surface area contributed by atoms with Gasteiger partial charge < -0.3 is 18.3 Å². The van der Waals surface area contributed by atoms with Crippen molar-refractivity contribution in [2.75, 3.05) is 0 Å². The number of hydrogen-bond donors (Lipinski definition) is 0. The topological polar surface area (TPSA) is 36.9 Å². The van der Waals surface area contributed by atoms with E-state index >= 15 is 0 Å². The van der Waals surface area contributed by atoms with Crippen molar-refractivity contribution in [2.24, 2.45) is 0 Å². The van der Waals surface area contributed by atoms with Gasteiger partial charge in [-0.2, -0.15) is 0 Å². The molecule has 0 aromatic heterocycles. The highest BCUT2D eigenvalue weighted by molar-refractivity contribution is 6.74. The normalized spacial score (nSPS) is 26.7. The Balaban J connectivity index is 3.14. The number of rotatable bonds is 9. The van der Waals surface area contributed by atoms with E-state index in [9.17, 15) is 0 Å². The number of ether oxygens (including phenoxy) is 2. The molecule has 0 saturated carbocycles. The van der Waals surface area contributed by atoms with Crippen LogP contribution in [0, 0.1) is 0 Å². The molecule has 2 unspecified atom stereocenters. The summed E-state index contributed by atoms with van der Waals surface area (Å²) < 4.78 is 26.7. The molecule has 0 aromatic carbocycles. The van der Waals surface area contributed by atoms with E-state index in [1.165, 1.54) is 0 Å². The summed E-state index contributed by atoms with van der Waals surface area (Å²) in [5.41, 5.74) is -0.305. The monoisotopic (exact) mass is 472 g/mol. The summed E-state index contributed by atoms with van der Waals surface area (Å²) in [4.78, 5) is 0. The predicted molar refractivity (Wildman–Crippen MR) is 138 cm³/mol. The van der Waals surface area contributed by atoms with Crippen LogP contribution in [0.5, 0.6) is 0 Å². The minimum atomic E-state index is -2.00. The second-order valence-corrected chi connectivity index (χ2v) is 22.5. The van der Waals surface area contributed by atoms with E-state index in [1.807, 2.05) is 6.08 Å². The summed E-state index contributed by atoms with van der Waals surface area (Å²) in [7, 11) is -3.92. The van der Waals surface area contributed by atoms with E-state index in [1.54, 1.807) is 0 Å². The molecule has 4 nitrogen and oxygen atoms in total. The maximum Gasteiger partial charge on any atom is 0.192 e. The molecule has 4 atom stereocenters. The van der Waals surface area contributed by atoms with Gasteiger partial charge in [-0.05, 0) is 69.9 Å². The molecule has 0 radical (unpaired) electrons. The van der Waals surface area contributed by atoms with Gasteiger partial charge in [0.15, 0.2) is 22.9 Å². The van der Waals surface area contributed by atoms with Crippen molar-refractivity contribution in [1.29, 1.82) is 0 Å². The summed E-state index contributed by atoms with van der Waals surface area (Å²) in [5.74, 6) is 0. The van der Waals surface area contributed by atoms with E-state index in [-0.39, 0.29) is 40.3 Å². The van der Waals surface area contributed by atoms with Crippen LogP contribution in [0.3, 0.4) is 0 Å². The minimum absolute atomic E-state index is 0.0202. The van der Waals surface area contributed by atoms with Crippen LogP contribution < -0.4 is 0 Å². The number of allylic oxidation sites excluding steroid dienone is 1. The predicted octanol–water partition coefficient (Wildman–Crippen LogP) is 7.66. The van der Waals surface area contributed by atoms with Gasteiger partial charge in [-0.3, -0.25) is 0 Å². The average Bonchev–Trinajstić information content (AvgIpc) is 2.54. The molecule has 0 aliphatic carbocycles. The van der Waals surface area contributed by atoms with Gasteiger partial charge in [-0.25, -0.2) is 0 Å². The Labute approximate surface area is 195 Å². The first-order valence-corrected chi connectivity index (χ1v) is 17.8. The van der Waals surface area contributed by atoms with Crippen LogP contribution in [0.2, 0.25) is 36.3 Å². The van der Waals surface area contributed by atoms with Crippen LogP contribution in [-0.2, 0) is 18.3 Å². The van der Waals surface area contributed by atoms with E-state index < -0.39 is 16.6 Å². The van der Waals surface area contributed by atoms with Crippen LogP contribution in [0.4, 0.5) is 0 Å². The molecule has 1 rings (SSSR count). The van der Waals surface area contributed by atoms with Crippen molar-refractivity contribution < 1.29 is 18.3 Å². The van der Waals surface area contributed by atoms with Crippen LogP contribution in [-0.4, -0.2) is 46.8 Å². The minimum Gasteiger partial charge on any atom is -0.411 e. The lowest BCUT2D eigenvalue weighted by Crippen LogP contribution is -2.58. The third kappa shape index (κ3) is 8.07. The lowest BCUT2D eigenvalue weighted by molar-refractivity contribution is -0.286. The Morgan fingerprint density at radius 1 is 0.871 bits per heavy atom. The van der Waals surface area contributed by atoms with Gasteiger partial charge in [0.1, 0.15) is 0 Å². The number of hydrogen-bond acceptors (Lipinski definition) is 4. The maximum absolute atomic E-state index is 6.89. The highest BCUT2D eigenvalue weighted by Crippen LogP contribution is 2.43. The van der Waals surface area contributed by atoms with Crippen LogP contribution in [0.25, 0.3) is 0 Å². The Hall–Kier alpha value is 0.0138. The Morgan fingerprint density at radius 2 is 1.32 bits per heavy atom. The molecule has 1 fully saturated rings. The zero-order valence-electron chi connectivity index (χ0n) is 22.8. The summed E-state index contributed by atoms with van der Waals surface area (Å²) in [6.45, 7) is 33.1. The zero-order chi connectivity index (χ0) is 24.5. The van der Waals surface area contributed by atoms with E-state index in [2.05, 4.69) is 95.1 Å². The molecule has 0 N–H and O–H groups in total. The first kappa shape index (κ1) is 29.0. The molecule has 184 valence electrons. The fourth-order valence-corrected chi connectivity index (χ4v) is 5.92. The Morgan fingerprint density at radius 3 is 1.74 bits per heavy atom. The molecule has 0 amide bonds. The van der Waals surface area contributed by atoms with E-state index in [4.69, 9.17) is 18.3 Å². The quantitative estimate of drug-likeness (QED) is 0.255. The molecule has 1 aliphatic rings. The van der Waals surface area contributed by atoms with Crippen LogP contribution >= 0.6 is 0 Å². The van der Waals surface area contributed by atoms with E-state index in [0.29, 0.717) is 0 Å². The molecule has 0 spiro atoms. The molecular weight excluding hydrogens is 420 g/mol. The SMILES string of the molecule is C=CCCC(C)(C)O[C@@H]1O[C@@H](C)C(O[Si](C)(C)C(C)(C)C)CC1O[Si](C)(C)C(C)(C)C. The van der Waals surface area contributed by atoms with Crippen LogP contribution in [0.1, 0.15) is 81.6 Å². The summed E-state index contributed by atoms with van der Waals surface area (Å²) in [5, 5.41) is 0.275. The highest BCUT2D eigenvalue weighted by Gasteiger charge is 2.48. The van der Waals surface area contributed by atoms with Crippen molar-refractivity contribution in [1.82, 2.24) is 0 Å². The molecule has 6 heteroatoms. The van der Waals surface area contributed by atoms with Crippen molar-refractivity contribution in [3.8, 4) is 0 Å². The summed E-state index contributed by atoms with van der Waals surface area (Å²) in [6.07, 6.45) is 4.05. The standard InChI is InChI=1S/C25H52O4Si2/c1-15-16-17-25(9,10)27-22-21(29-31(13,14)24(6,7)8)18-20(19(2)26-22)28-30(11,12)23(3,4)5/h15,19-22H,1,16-18H2,2-14H3/t19-,20?,21?,22-/m0/s1. The molecule has 0 bridgehead atoms. The molecule has 31 heavy (non-hydrogen) atoms. The Kier molecular flexibility index (Phi) is 9.46. The lowest BCUT2D eigenvalue weighted by Gasteiger charge is -2.49. The summed E-state index contributed by atoms with van der Waals surface area (Å²) in [6, 6.07) is 0. The highest BCUT2D eigenvalue weighted by atomic mass is 28.4. The zero-order valence-corrected chi connectivity index (χ0v) is 24.8. The van der Waals surface area contributed by atoms with Gasteiger partial charge in [-0.15, -0.1) is 6.58 Å². The smallest absolute Gasteiger partial charge is 0.192 e. The molecule has 1 saturated heterocycles. The van der Waals surface area contributed by atoms with Crippen molar-refractivity contribution in [3.05, 3.63) is 12.7 Å². The fourth-order valence-electron chi connectivity index (χ4n) is 3.20. The second kappa shape index (κ2) is 10.1. The van der Waals surface area contributed by atoms with Crippen molar-refractivity contribution in [3.63, 3.8) is 0 Å². The molecule has 1 aliphatic heterocycles. The Bertz CT molecular complexity index is 587. The van der Waals surface area contributed by atoms with Crippen LogP contribution in [0.15, 0.2) is 12.7 Å². The third-order valence-corrected chi connectivity index (χ3v) is 16.5. The van der Waals surface area contributed by atoms with Crippen molar-refractivity contribution >= 4 is 16.6 Å². The van der Waals surface area contributed by atoms with Gasteiger partial charge in [0.25, 0.3) is 0 Å². The van der Waals surface area contributed by atoms with Gasteiger partial charge >= 0.3 is 0 Å². The van der Waals surface area contributed by atoms with Gasteiger partial charge in [-0.1, -0.05) is 47.6 Å². The summed E-state index contributed by atoms with van der Waals surface area (Å²) >= 11 is 0. The third-order valence-electron chi connectivity index (χ3n) is 7.53. The average molecular weight is 473 g/mol. The maximum atomic E-state index is 6.89. The van der Waals surface area contributed by atoms with Gasteiger partial charge in [0, 0.05) is 6.42 Å². The van der Waals surface area contributed by atoms with Gasteiger partial charge in [0.05, 0.1) is 23.9 Å². The first-order chi connectivity index (χ1) is 13.7. The molecule has 0 aromatic rings. The van der Waals surface area contributed by atoms with E-state index in [0.717, 1.165) is 19.3 Å².